The molecule has 0 unspecified atom stereocenters. The third-order valence-corrected chi connectivity index (χ3v) is 2.47. The maximum atomic E-state index is 12.1. The molecule has 106 valence electrons. The zero-order valence-corrected chi connectivity index (χ0v) is 12.2. The zero-order valence-electron chi connectivity index (χ0n) is 11.4. The van der Waals surface area contributed by atoms with Gasteiger partial charge in [0.05, 0.1) is 0 Å². The predicted octanol–water partition coefficient (Wildman–Crippen LogP) is 1.36. The average Bonchev–Trinajstić information content (AvgIpc) is 2.34. The van der Waals surface area contributed by atoms with Gasteiger partial charge in [-0.1, -0.05) is 6.07 Å². The van der Waals surface area contributed by atoms with Gasteiger partial charge in [-0.2, -0.15) is 0 Å². The van der Waals surface area contributed by atoms with Crippen molar-refractivity contribution in [2.45, 2.75) is 6.92 Å². The fourth-order valence-corrected chi connectivity index (χ4v) is 1.53. The molecule has 2 amide bonds. The topological polar surface area (TPSA) is 61.4 Å². The zero-order chi connectivity index (χ0) is 13.5. The molecule has 1 aromatic rings. The minimum Gasteiger partial charge on any atom is -0.340 e. The summed E-state index contributed by atoms with van der Waals surface area (Å²) in [5, 5.41) is 5.65. The average molecular weight is 286 g/mol. The third kappa shape index (κ3) is 5.72. The number of amides is 2. The van der Waals surface area contributed by atoms with E-state index in [4.69, 9.17) is 0 Å². The Balaban J connectivity index is 0.00000324. The number of carbonyl (C=O) groups excluding carboxylic acids is 2. The highest BCUT2D eigenvalue weighted by Crippen LogP contribution is 2.12. The van der Waals surface area contributed by atoms with Gasteiger partial charge >= 0.3 is 0 Å². The third-order valence-electron chi connectivity index (χ3n) is 2.47. The molecule has 0 bridgehead atoms. The van der Waals surface area contributed by atoms with Gasteiger partial charge < -0.3 is 15.5 Å². The molecule has 0 aliphatic rings. The molecule has 0 saturated heterocycles. The van der Waals surface area contributed by atoms with E-state index in [2.05, 4.69) is 10.6 Å². The Bertz CT molecular complexity index is 438. The van der Waals surface area contributed by atoms with Gasteiger partial charge in [-0.3, -0.25) is 9.59 Å². The van der Waals surface area contributed by atoms with E-state index in [1.165, 1.54) is 6.92 Å². The van der Waals surface area contributed by atoms with Gasteiger partial charge in [-0.05, 0) is 25.2 Å². The lowest BCUT2D eigenvalue weighted by molar-refractivity contribution is -0.114. The molecule has 0 fully saturated rings. The Hall–Kier alpha value is -1.59. The summed E-state index contributed by atoms with van der Waals surface area (Å²) in [6.07, 6.45) is 0. The van der Waals surface area contributed by atoms with Crippen LogP contribution in [0.1, 0.15) is 17.3 Å². The van der Waals surface area contributed by atoms with Gasteiger partial charge in [0.25, 0.3) is 5.91 Å². The van der Waals surface area contributed by atoms with E-state index in [1.807, 2.05) is 7.05 Å². The molecule has 1 rings (SSSR count). The number of nitrogens with one attached hydrogen (secondary N) is 2. The molecule has 0 saturated carbocycles. The molecule has 0 aromatic heterocycles. The van der Waals surface area contributed by atoms with Crippen LogP contribution in [0.3, 0.4) is 0 Å². The van der Waals surface area contributed by atoms with E-state index in [0.717, 1.165) is 6.54 Å². The first-order valence-corrected chi connectivity index (χ1v) is 5.82. The monoisotopic (exact) mass is 285 g/mol. The SMILES string of the molecule is CNCCN(C)C(=O)c1cccc(NC(C)=O)c1.Cl. The van der Waals surface area contributed by atoms with Crippen LogP contribution in [0, 0.1) is 0 Å². The smallest absolute Gasteiger partial charge is 0.253 e. The number of anilines is 1. The number of nitrogens with zero attached hydrogens (tertiary/aromatic N) is 1. The van der Waals surface area contributed by atoms with Crippen LogP contribution in [0.4, 0.5) is 5.69 Å². The van der Waals surface area contributed by atoms with Gasteiger partial charge in [0, 0.05) is 38.3 Å². The lowest BCUT2D eigenvalue weighted by Gasteiger charge is -2.17. The molecule has 0 spiro atoms. The molecule has 0 aliphatic heterocycles. The summed E-state index contributed by atoms with van der Waals surface area (Å²) < 4.78 is 0. The second kappa shape index (κ2) is 8.50. The van der Waals surface area contributed by atoms with Crippen LogP contribution in [0.2, 0.25) is 0 Å². The minimum absolute atomic E-state index is 0. The molecule has 19 heavy (non-hydrogen) atoms. The molecule has 2 N–H and O–H groups in total. The van der Waals surface area contributed by atoms with E-state index in [-0.39, 0.29) is 24.2 Å². The van der Waals surface area contributed by atoms with Gasteiger partial charge in [0.1, 0.15) is 0 Å². The molecule has 0 aliphatic carbocycles. The summed E-state index contributed by atoms with van der Waals surface area (Å²) in [5.41, 5.74) is 1.20. The minimum atomic E-state index is -0.150. The van der Waals surface area contributed by atoms with E-state index >= 15 is 0 Å². The molecule has 6 heteroatoms. The van der Waals surface area contributed by atoms with Crippen molar-refractivity contribution in [1.29, 1.82) is 0 Å². The number of likely N-dealkylation sites (N-methyl/N-ethyl adjacent to an activating group) is 2. The Morgan fingerprint density at radius 1 is 1.32 bits per heavy atom. The van der Waals surface area contributed by atoms with Gasteiger partial charge in [0.15, 0.2) is 0 Å². The van der Waals surface area contributed by atoms with Gasteiger partial charge in [0.2, 0.25) is 5.91 Å². The molecule has 5 nitrogen and oxygen atoms in total. The van der Waals surface area contributed by atoms with Gasteiger partial charge in [-0.25, -0.2) is 0 Å². The van der Waals surface area contributed by atoms with Crippen LogP contribution in [-0.4, -0.2) is 43.9 Å². The van der Waals surface area contributed by atoms with Crippen LogP contribution in [0.25, 0.3) is 0 Å². The molecule has 0 heterocycles. The Kier molecular flexibility index (Phi) is 7.79. The van der Waals surface area contributed by atoms with Gasteiger partial charge in [-0.15, -0.1) is 12.4 Å². The number of rotatable bonds is 5. The van der Waals surface area contributed by atoms with Crippen molar-refractivity contribution in [3.63, 3.8) is 0 Å². The second-order valence-corrected chi connectivity index (χ2v) is 4.09. The first-order chi connectivity index (χ1) is 8.54. The summed E-state index contributed by atoms with van der Waals surface area (Å²) >= 11 is 0. The number of hydrogen-bond acceptors (Lipinski definition) is 3. The van der Waals surface area contributed by atoms with E-state index in [9.17, 15) is 9.59 Å². The van der Waals surface area contributed by atoms with Crippen molar-refractivity contribution in [2.75, 3.05) is 32.5 Å². The molecule has 1 aromatic carbocycles. The standard InChI is InChI=1S/C13H19N3O2.ClH/c1-10(17)15-12-6-4-5-11(9-12)13(18)16(3)8-7-14-2;/h4-6,9,14H,7-8H2,1-3H3,(H,15,17);1H. The van der Waals surface area contributed by atoms with Crippen molar-refractivity contribution in [3.8, 4) is 0 Å². The Morgan fingerprint density at radius 2 is 2.00 bits per heavy atom. The Morgan fingerprint density at radius 3 is 2.58 bits per heavy atom. The summed E-state index contributed by atoms with van der Waals surface area (Å²) in [5.74, 6) is -0.208. The molecule has 0 radical (unpaired) electrons. The molecule has 0 atom stereocenters. The highest BCUT2D eigenvalue weighted by Gasteiger charge is 2.11. The summed E-state index contributed by atoms with van der Waals surface area (Å²) in [6, 6.07) is 6.93. The van der Waals surface area contributed by atoms with Crippen LogP contribution in [0.15, 0.2) is 24.3 Å². The van der Waals surface area contributed by atoms with E-state index in [1.54, 1.807) is 36.2 Å². The molecular formula is C13H20ClN3O2. The number of carbonyl (C=O) groups is 2. The highest BCUT2D eigenvalue weighted by atomic mass is 35.5. The lowest BCUT2D eigenvalue weighted by atomic mass is 10.1. The highest BCUT2D eigenvalue weighted by molar-refractivity contribution is 5.96. The predicted molar refractivity (Wildman–Crippen MR) is 78.9 cm³/mol. The van der Waals surface area contributed by atoms with Crippen LogP contribution >= 0.6 is 12.4 Å². The van der Waals surface area contributed by atoms with Crippen molar-refractivity contribution in [1.82, 2.24) is 10.2 Å². The number of benzene rings is 1. The number of halogens is 1. The van der Waals surface area contributed by atoms with Crippen molar-refractivity contribution in [2.24, 2.45) is 0 Å². The van der Waals surface area contributed by atoms with Crippen molar-refractivity contribution in [3.05, 3.63) is 29.8 Å². The van der Waals surface area contributed by atoms with E-state index < -0.39 is 0 Å². The number of hydrogen-bond donors (Lipinski definition) is 2. The maximum Gasteiger partial charge on any atom is 0.253 e. The first-order valence-electron chi connectivity index (χ1n) is 5.82. The second-order valence-electron chi connectivity index (χ2n) is 4.09. The summed E-state index contributed by atoms with van der Waals surface area (Å²) in [4.78, 5) is 24.7. The lowest BCUT2D eigenvalue weighted by Crippen LogP contribution is -2.32. The fourth-order valence-electron chi connectivity index (χ4n) is 1.53. The van der Waals surface area contributed by atoms with Crippen molar-refractivity contribution >= 4 is 29.9 Å². The van der Waals surface area contributed by atoms with Crippen LogP contribution in [-0.2, 0) is 4.79 Å². The normalized spacial score (nSPS) is 9.42. The van der Waals surface area contributed by atoms with Crippen LogP contribution < -0.4 is 10.6 Å². The van der Waals surface area contributed by atoms with E-state index in [0.29, 0.717) is 17.8 Å². The van der Waals surface area contributed by atoms with Crippen LogP contribution in [0.5, 0.6) is 0 Å². The first kappa shape index (κ1) is 17.4. The summed E-state index contributed by atoms with van der Waals surface area (Å²) in [6.45, 7) is 2.82. The Labute approximate surface area is 119 Å². The maximum absolute atomic E-state index is 12.1. The largest absolute Gasteiger partial charge is 0.340 e. The molecular weight excluding hydrogens is 266 g/mol. The van der Waals surface area contributed by atoms with Crippen molar-refractivity contribution < 1.29 is 9.59 Å². The summed E-state index contributed by atoms with van der Waals surface area (Å²) in [7, 11) is 3.60. The fraction of sp³-hybridized carbons (Fsp3) is 0.385. The quantitative estimate of drug-likeness (QED) is 0.859.